The summed E-state index contributed by atoms with van der Waals surface area (Å²) in [6.45, 7) is 0.678. The highest BCUT2D eigenvalue weighted by Gasteiger charge is 2.18. The molecule has 0 amide bonds. The van der Waals surface area contributed by atoms with Gasteiger partial charge in [-0.15, -0.1) is 0 Å². The number of benzene rings is 1. The van der Waals surface area contributed by atoms with Gasteiger partial charge in [-0.25, -0.2) is 0 Å². The van der Waals surface area contributed by atoms with E-state index in [9.17, 15) is 0 Å². The van der Waals surface area contributed by atoms with Gasteiger partial charge in [0.25, 0.3) is 0 Å². The average molecular weight is 292 g/mol. The molecule has 1 aromatic carbocycles. The molecule has 22 heavy (non-hydrogen) atoms. The van der Waals surface area contributed by atoms with Gasteiger partial charge in [0.05, 0.1) is 12.2 Å². The predicted octanol–water partition coefficient (Wildman–Crippen LogP) is 2.85. The molecule has 0 bridgehead atoms. The van der Waals surface area contributed by atoms with Crippen molar-refractivity contribution in [3.05, 3.63) is 72.2 Å². The Morgan fingerprint density at radius 1 is 1.14 bits per heavy atom. The van der Waals surface area contributed by atoms with Gasteiger partial charge in [-0.2, -0.15) is 0 Å². The molecule has 2 heterocycles. The van der Waals surface area contributed by atoms with Crippen LogP contribution in [0.5, 0.6) is 0 Å². The van der Waals surface area contributed by atoms with Gasteiger partial charge < -0.3 is 15.5 Å². The third-order valence-corrected chi connectivity index (χ3v) is 3.70. The summed E-state index contributed by atoms with van der Waals surface area (Å²) in [7, 11) is 4.09. The van der Waals surface area contributed by atoms with Gasteiger partial charge in [0.15, 0.2) is 0 Å². The van der Waals surface area contributed by atoms with Crippen LogP contribution in [0, 0.1) is 0 Å². The second kappa shape index (κ2) is 5.93. The van der Waals surface area contributed by atoms with E-state index in [0.717, 1.165) is 28.3 Å². The van der Waals surface area contributed by atoms with Crippen LogP contribution in [0.1, 0.15) is 5.56 Å². The largest absolute Gasteiger partial charge is 0.401 e. The first-order valence-electron chi connectivity index (χ1n) is 7.27. The molecule has 1 aromatic heterocycles. The second-order valence-corrected chi connectivity index (χ2v) is 5.54. The molecule has 0 aliphatic carbocycles. The molecule has 3 rings (SSSR count). The molecule has 1 aliphatic rings. The monoisotopic (exact) mass is 292 g/mol. The Labute approximate surface area is 131 Å². The van der Waals surface area contributed by atoms with Crippen LogP contribution in [0.15, 0.2) is 66.6 Å². The fourth-order valence-electron chi connectivity index (χ4n) is 2.53. The van der Waals surface area contributed by atoms with Crippen molar-refractivity contribution < 1.29 is 0 Å². The molecule has 0 atom stereocenters. The zero-order chi connectivity index (χ0) is 15.5. The SMILES string of the molecule is CN(C)c1cccc(N2CC(N)=CC=C2c2cccnc2)c1. The summed E-state index contributed by atoms with van der Waals surface area (Å²) in [5.41, 5.74) is 11.4. The van der Waals surface area contributed by atoms with E-state index in [1.54, 1.807) is 6.20 Å². The molecule has 0 saturated heterocycles. The third kappa shape index (κ3) is 2.81. The lowest BCUT2D eigenvalue weighted by atomic mass is 10.1. The molecule has 1 aliphatic heterocycles. The van der Waals surface area contributed by atoms with Crippen LogP contribution >= 0.6 is 0 Å². The van der Waals surface area contributed by atoms with Crippen LogP contribution in [0.3, 0.4) is 0 Å². The van der Waals surface area contributed by atoms with E-state index in [-0.39, 0.29) is 0 Å². The van der Waals surface area contributed by atoms with Crippen LogP contribution in [-0.4, -0.2) is 25.6 Å². The van der Waals surface area contributed by atoms with Gasteiger partial charge in [-0.3, -0.25) is 4.98 Å². The zero-order valence-electron chi connectivity index (χ0n) is 12.9. The van der Waals surface area contributed by atoms with E-state index in [2.05, 4.69) is 51.2 Å². The minimum Gasteiger partial charge on any atom is -0.401 e. The van der Waals surface area contributed by atoms with Crippen LogP contribution in [0.25, 0.3) is 5.70 Å². The zero-order valence-corrected chi connectivity index (χ0v) is 12.9. The number of rotatable bonds is 3. The molecular formula is C18H20N4. The van der Waals surface area contributed by atoms with E-state index in [1.165, 1.54) is 0 Å². The molecule has 0 saturated carbocycles. The summed E-state index contributed by atoms with van der Waals surface area (Å²) in [5.74, 6) is 0. The number of aromatic nitrogens is 1. The third-order valence-electron chi connectivity index (χ3n) is 3.70. The van der Waals surface area contributed by atoms with E-state index < -0.39 is 0 Å². The maximum atomic E-state index is 6.05. The van der Waals surface area contributed by atoms with Crippen LogP contribution in [0.4, 0.5) is 11.4 Å². The first kappa shape index (κ1) is 14.2. The Kier molecular flexibility index (Phi) is 3.83. The Morgan fingerprint density at radius 2 is 2.00 bits per heavy atom. The van der Waals surface area contributed by atoms with Crippen molar-refractivity contribution >= 4 is 17.1 Å². The summed E-state index contributed by atoms with van der Waals surface area (Å²) >= 11 is 0. The fraction of sp³-hybridized carbons (Fsp3) is 0.167. The number of allylic oxidation sites excluding steroid dienone is 2. The molecule has 2 N–H and O–H groups in total. The Bertz CT molecular complexity index is 717. The van der Waals surface area contributed by atoms with E-state index in [1.807, 2.05) is 32.4 Å². The smallest absolute Gasteiger partial charge is 0.0626 e. The molecule has 0 radical (unpaired) electrons. The highest BCUT2D eigenvalue weighted by Crippen LogP contribution is 2.31. The topological polar surface area (TPSA) is 45.4 Å². The van der Waals surface area contributed by atoms with Gasteiger partial charge >= 0.3 is 0 Å². The summed E-state index contributed by atoms with van der Waals surface area (Å²) in [6.07, 6.45) is 7.69. The van der Waals surface area contributed by atoms with Crippen molar-refractivity contribution in [3.8, 4) is 0 Å². The fourth-order valence-corrected chi connectivity index (χ4v) is 2.53. The van der Waals surface area contributed by atoms with Crippen LogP contribution in [-0.2, 0) is 0 Å². The Morgan fingerprint density at radius 3 is 2.73 bits per heavy atom. The number of hydrogen-bond acceptors (Lipinski definition) is 4. The summed E-state index contributed by atoms with van der Waals surface area (Å²) in [5, 5.41) is 0. The molecule has 4 heteroatoms. The highest BCUT2D eigenvalue weighted by atomic mass is 15.2. The average Bonchev–Trinajstić information content (AvgIpc) is 2.55. The maximum Gasteiger partial charge on any atom is 0.0626 e. The number of pyridine rings is 1. The standard InChI is InChI=1S/C18H20N4/c1-21(2)16-6-3-7-17(11-16)22-13-15(19)8-9-18(22)14-5-4-10-20-12-14/h3-12H,13,19H2,1-2H3. The molecular weight excluding hydrogens is 272 g/mol. The van der Waals surface area contributed by atoms with Crippen LogP contribution in [0.2, 0.25) is 0 Å². The molecule has 2 aromatic rings. The van der Waals surface area contributed by atoms with Gasteiger partial charge in [0, 0.05) is 49.1 Å². The lowest BCUT2D eigenvalue weighted by Crippen LogP contribution is -2.29. The van der Waals surface area contributed by atoms with E-state index in [4.69, 9.17) is 5.73 Å². The highest BCUT2D eigenvalue weighted by molar-refractivity contribution is 5.82. The van der Waals surface area contributed by atoms with Crippen LogP contribution < -0.4 is 15.5 Å². The van der Waals surface area contributed by atoms with Gasteiger partial charge in [0.2, 0.25) is 0 Å². The van der Waals surface area contributed by atoms with Gasteiger partial charge in [-0.1, -0.05) is 6.07 Å². The van der Waals surface area contributed by atoms with Crippen molar-refractivity contribution in [1.29, 1.82) is 0 Å². The summed E-state index contributed by atoms with van der Waals surface area (Å²) in [6, 6.07) is 12.5. The normalized spacial score (nSPS) is 14.4. The van der Waals surface area contributed by atoms with Crippen molar-refractivity contribution in [3.63, 3.8) is 0 Å². The molecule has 4 nitrogen and oxygen atoms in total. The number of nitrogens with two attached hydrogens (primary N) is 1. The Balaban J connectivity index is 2.03. The van der Waals surface area contributed by atoms with Crippen molar-refractivity contribution in [2.45, 2.75) is 0 Å². The molecule has 0 fully saturated rings. The van der Waals surface area contributed by atoms with Crippen molar-refractivity contribution in [2.24, 2.45) is 5.73 Å². The predicted molar refractivity (Wildman–Crippen MR) is 92.6 cm³/mol. The molecule has 0 spiro atoms. The summed E-state index contributed by atoms with van der Waals surface area (Å²) in [4.78, 5) is 8.54. The lowest BCUT2D eigenvalue weighted by molar-refractivity contribution is 1.00. The maximum absolute atomic E-state index is 6.05. The van der Waals surface area contributed by atoms with Crippen molar-refractivity contribution in [2.75, 3.05) is 30.4 Å². The van der Waals surface area contributed by atoms with Gasteiger partial charge in [-0.05, 0) is 42.5 Å². The lowest BCUT2D eigenvalue weighted by Gasteiger charge is -2.31. The minimum atomic E-state index is 0.678. The minimum absolute atomic E-state index is 0.678. The summed E-state index contributed by atoms with van der Waals surface area (Å²) < 4.78 is 0. The van der Waals surface area contributed by atoms with E-state index in [0.29, 0.717) is 6.54 Å². The first-order chi connectivity index (χ1) is 10.6. The number of anilines is 2. The Hall–Kier alpha value is -2.75. The van der Waals surface area contributed by atoms with E-state index >= 15 is 0 Å². The first-order valence-corrected chi connectivity index (χ1v) is 7.27. The van der Waals surface area contributed by atoms with Crippen molar-refractivity contribution in [1.82, 2.24) is 4.98 Å². The number of nitrogens with zero attached hydrogens (tertiary/aromatic N) is 3. The molecule has 112 valence electrons. The second-order valence-electron chi connectivity index (χ2n) is 5.54. The van der Waals surface area contributed by atoms with Gasteiger partial charge in [0.1, 0.15) is 0 Å². The number of hydrogen-bond donors (Lipinski definition) is 1. The molecule has 0 unspecified atom stereocenters. The quantitative estimate of drug-likeness (QED) is 0.945.